The molecule has 0 aliphatic carbocycles. The number of rotatable bonds is 6. The molecule has 2 aromatic carbocycles. The molecule has 0 saturated carbocycles. The van der Waals surface area contributed by atoms with Crippen LogP contribution in [0, 0.1) is 5.92 Å². The first-order chi connectivity index (χ1) is 12.7. The molecule has 0 bridgehead atoms. The van der Waals surface area contributed by atoms with Crippen LogP contribution in [-0.2, 0) is 4.79 Å². The fourth-order valence-electron chi connectivity index (χ4n) is 3.28. The summed E-state index contributed by atoms with van der Waals surface area (Å²) < 4.78 is 5.52. The fraction of sp³-hybridized carbons (Fsp3) is 0.381. The number of para-hydroxylation sites is 1. The number of carbonyl (C=O) groups excluding carboxylic acids is 1. The first-order valence-electron chi connectivity index (χ1n) is 9.02. The Morgan fingerprint density at radius 3 is 2.67 bits per heavy atom. The molecule has 146 valence electrons. The second-order valence-electron chi connectivity index (χ2n) is 6.52. The van der Waals surface area contributed by atoms with E-state index in [0.29, 0.717) is 0 Å². The second kappa shape index (κ2) is 10.6. The van der Waals surface area contributed by atoms with Crippen molar-refractivity contribution in [2.24, 2.45) is 5.92 Å². The van der Waals surface area contributed by atoms with Gasteiger partial charge in [-0.1, -0.05) is 43.3 Å². The number of carbonyl (C=O) groups is 1. The summed E-state index contributed by atoms with van der Waals surface area (Å²) in [5.41, 5.74) is 1.07. The molecule has 0 aromatic heterocycles. The van der Waals surface area contributed by atoms with E-state index in [-0.39, 0.29) is 30.3 Å². The third-order valence-corrected chi connectivity index (χ3v) is 5.96. The second-order valence-corrected chi connectivity index (χ2v) is 7.61. The van der Waals surface area contributed by atoms with E-state index in [1.807, 2.05) is 48.2 Å². The van der Waals surface area contributed by atoms with Crippen molar-refractivity contribution in [3.63, 3.8) is 0 Å². The number of thioether (sulfide) groups is 1. The maximum atomic E-state index is 13.1. The van der Waals surface area contributed by atoms with Crippen LogP contribution in [0.15, 0.2) is 59.5 Å². The fourth-order valence-corrected chi connectivity index (χ4v) is 4.21. The minimum absolute atomic E-state index is 0. The Morgan fingerprint density at radius 2 is 1.93 bits per heavy atom. The van der Waals surface area contributed by atoms with Gasteiger partial charge in [0, 0.05) is 41.8 Å². The topological polar surface area (TPSA) is 41.6 Å². The Labute approximate surface area is 172 Å². The highest BCUT2D eigenvalue weighted by Crippen LogP contribution is 2.31. The number of nitrogens with one attached hydrogen (secondary N) is 1. The Kier molecular flexibility index (Phi) is 8.48. The third kappa shape index (κ3) is 5.41. The Hall–Kier alpha value is -1.69. The van der Waals surface area contributed by atoms with Crippen molar-refractivity contribution < 1.29 is 9.53 Å². The SMILES string of the molecule is COc1ccccc1C1CNCCN1C(=O)C(C)CSc1ccccc1.Cl. The molecule has 1 aliphatic heterocycles. The molecule has 1 heterocycles. The molecule has 1 saturated heterocycles. The normalized spacial score (nSPS) is 17.7. The lowest BCUT2D eigenvalue weighted by Crippen LogP contribution is -2.50. The standard InChI is InChI=1S/C21H26N2O2S.ClH/c1-16(15-26-17-8-4-3-5-9-17)21(24)23-13-12-22-14-19(23)18-10-6-7-11-20(18)25-2;/h3-11,16,19,22H,12-15H2,1-2H3;1H. The lowest BCUT2D eigenvalue weighted by Gasteiger charge is -2.38. The van der Waals surface area contributed by atoms with E-state index in [9.17, 15) is 4.79 Å². The number of halogens is 1. The van der Waals surface area contributed by atoms with Crippen molar-refractivity contribution >= 4 is 30.1 Å². The quantitative estimate of drug-likeness (QED) is 0.735. The van der Waals surface area contributed by atoms with E-state index in [1.54, 1.807) is 18.9 Å². The summed E-state index contributed by atoms with van der Waals surface area (Å²) in [4.78, 5) is 16.4. The molecule has 2 aromatic rings. The smallest absolute Gasteiger partial charge is 0.226 e. The van der Waals surface area contributed by atoms with Gasteiger partial charge in [0.1, 0.15) is 5.75 Å². The molecule has 3 rings (SSSR count). The monoisotopic (exact) mass is 406 g/mol. The molecule has 2 unspecified atom stereocenters. The average Bonchev–Trinajstić information content (AvgIpc) is 2.72. The van der Waals surface area contributed by atoms with Crippen LogP contribution in [0.25, 0.3) is 0 Å². The molecule has 2 atom stereocenters. The lowest BCUT2D eigenvalue weighted by molar-refractivity contribution is -0.137. The van der Waals surface area contributed by atoms with Gasteiger partial charge in [-0.15, -0.1) is 24.2 Å². The summed E-state index contributed by atoms with van der Waals surface area (Å²) in [5, 5.41) is 3.41. The molecule has 1 amide bonds. The molecule has 1 aliphatic rings. The van der Waals surface area contributed by atoms with E-state index < -0.39 is 0 Å². The highest BCUT2D eigenvalue weighted by Gasteiger charge is 2.32. The van der Waals surface area contributed by atoms with Gasteiger partial charge in [0.25, 0.3) is 0 Å². The van der Waals surface area contributed by atoms with Crippen LogP contribution >= 0.6 is 24.2 Å². The zero-order valence-corrected chi connectivity index (χ0v) is 17.4. The molecule has 27 heavy (non-hydrogen) atoms. The number of nitrogens with zero attached hydrogens (tertiary/aromatic N) is 1. The Morgan fingerprint density at radius 1 is 1.22 bits per heavy atom. The van der Waals surface area contributed by atoms with Crippen molar-refractivity contribution in [1.29, 1.82) is 0 Å². The minimum Gasteiger partial charge on any atom is -0.496 e. The summed E-state index contributed by atoms with van der Waals surface area (Å²) in [5.74, 6) is 1.80. The van der Waals surface area contributed by atoms with Gasteiger partial charge >= 0.3 is 0 Å². The number of ether oxygens (including phenoxy) is 1. The van der Waals surface area contributed by atoms with Crippen molar-refractivity contribution in [2.45, 2.75) is 17.9 Å². The predicted octanol–water partition coefficient (Wildman–Crippen LogP) is 4.02. The van der Waals surface area contributed by atoms with Crippen molar-refractivity contribution in [2.75, 3.05) is 32.5 Å². The summed E-state index contributed by atoms with van der Waals surface area (Å²) in [6.07, 6.45) is 0. The lowest BCUT2D eigenvalue weighted by atomic mass is 10.00. The highest BCUT2D eigenvalue weighted by molar-refractivity contribution is 7.99. The summed E-state index contributed by atoms with van der Waals surface area (Å²) in [6, 6.07) is 18.2. The molecular weight excluding hydrogens is 380 g/mol. The van der Waals surface area contributed by atoms with Crippen LogP contribution in [0.5, 0.6) is 5.75 Å². The molecule has 1 fully saturated rings. The molecule has 1 N–H and O–H groups in total. The van der Waals surface area contributed by atoms with E-state index in [1.165, 1.54) is 4.90 Å². The van der Waals surface area contributed by atoms with Gasteiger partial charge < -0.3 is 15.0 Å². The first kappa shape index (κ1) is 21.6. The Balaban J connectivity index is 0.00000261. The summed E-state index contributed by atoms with van der Waals surface area (Å²) in [7, 11) is 1.68. The zero-order chi connectivity index (χ0) is 18.4. The van der Waals surface area contributed by atoms with Gasteiger partial charge in [-0.05, 0) is 18.2 Å². The van der Waals surface area contributed by atoms with Crippen molar-refractivity contribution in [3.8, 4) is 5.75 Å². The van der Waals surface area contributed by atoms with Crippen LogP contribution in [0.3, 0.4) is 0 Å². The van der Waals surface area contributed by atoms with Gasteiger partial charge in [-0.3, -0.25) is 4.79 Å². The number of amides is 1. The Bertz CT molecular complexity index is 729. The van der Waals surface area contributed by atoms with E-state index >= 15 is 0 Å². The van der Waals surface area contributed by atoms with Gasteiger partial charge in [0.15, 0.2) is 0 Å². The van der Waals surface area contributed by atoms with Gasteiger partial charge in [-0.2, -0.15) is 0 Å². The van der Waals surface area contributed by atoms with Crippen LogP contribution in [-0.4, -0.2) is 43.3 Å². The van der Waals surface area contributed by atoms with E-state index in [4.69, 9.17) is 4.74 Å². The van der Waals surface area contributed by atoms with Gasteiger partial charge in [0.2, 0.25) is 5.91 Å². The van der Waals surface area contributed by atoms with Crippen LogP contribution in [0.1, 0.15) is 18.5 Å². The van der Waals surface area contributed by atoms with E-state index in [0.717, 1.165) is 36.7 Å². The predicted molar refractivity (Wildman–Crippen MR) is 114 cm³/mol. The van der Waals surface area contributed by atoms with E-state index in [2.05, 4.69) is 23.5 Å². The summed E-state index contributed by atoms with van der Waals surface area (Å²) in [6.45, 7) is 4.34. The minimum atomic E-state index is -0.0319. The van der Waals surface area contributed by atoms with Crippen LogP contribution < -0.4 is 10.1 Å². The molecule has 0 spiro atoms. The van der Waals surface area contributed by atoms with Gasteiger partial charge in [-0.25, -0.2) is 0 Å². The largest absolute Gasteiger partial charge is 0.496 e. The number of piperazine rings is 1. The van der Waals surface area contributed by atoms with Crippen LogP contribution in [0.4, 0.5) is 0 Å². The number of hydrogen-bond donors (Lipinski definition) is 1. The molecular formula is C21H27ClN2O2S. The third-order valence-electron chi connectivity index (χ3n) is 4.69. The zero-order valence-electron chi connectivity index (χ0n) is 15.8. The maximum Gasteiger partial charge on any atom is 0.226 e. The van der Waals surface area contributed by atoms with Crippen molar-refractivity contribution in [3.05, 3.63) is 60.2 Å². The number of methoxy groups -OCH3 is 1. The van der Waals surface area contributed by atoms with Crippen molar-refractivity contribution in [1.82, 2.24) is 10.2 Å². The molecule has 4 nitrogen and oxygen atoms in total. The molecule has 6 heteroatoms. The average molecular weight is 407 g/mol. The van der Waals surface area contributed by atoms with Crippen LogP contribution in [0.2, 0.25) is 0 Å². The maximum absolute atomic E-state index is 13.1. The first-order valence-corrected chi connectivity index (χ1v) is 10.0. The van der Waals surface area contributed by atoms with Gasteiger partial charge in [0.05, 0.1) is 13.2 Å². The highest BCUT2D eigenvalue weighted by atomic mass is 35.5. The molecule has 0 radical (unpaired) electrons. The number of benzene rings is 2. The number of hydrogen-bond acceptors (Lipinski definition) is 4. The summed E-state index contributed by atoms with van der Waals surface area (Å²) >= 11 is 1.74.